The Hall–Kier alpha value is -0.650. The molecule has 0 aromatic carbocycles. The number of aliphatic hydroxyl groups is 1. The lowest BCUT2D eigenvalue weighted by Gasteiger charge is -2.12. The van der Waals surface area contributed by atoms with Crippen molar-refractivity contribution < 1.29 is 15.0 Å². The van der Waals surface area contributed by atoms with E-state index in [1.807, 2.05) is 0 Å². The van der Waals surface area contributed by atoms with Crippen LogP contribution in [0.1, 0.15) is 12.8 Å². The molecule has 1 aliphatic rings. The van der Waals surface area contributed by atoms with Gasteiger partial charge in [-0.05, 0) is 18.8 Å². The molecule has 5 N–H and O–H groups in total. The van der Waals surface area contributed by atoms with Gasteiger partial charge < -0.3 is 21.3 Å². The van der Waals surface area contributed by atoms with Crippen LogP contribution in [0.2, 0.25) is 0 Å². The molecule has 0 saturated heterocycles. The maximum Gasteiger partial charge on any atom is 0.321 e. The van der Waals surface area contributed by atoms with Gasteiger partial charge in [0.15, 0.2) is 0 Å². The van der Waals surface area contributed by atoms with Gasteiger partial charge in [-0.1, -0.05) is 0 Å². The molecule has 0 aliphatic heterocycles. The first-order valence-electron chi connectivity index (χ1n) is 4.48. The average molecular weight is 188 g/mol. The number of aliphatic hydroxyl groups excluding tert-OH is 1. The molecule has 0 amide bonds. The van der Waals surface area contributed by atoms with E-state index in [4.69, 9.17) is 10.8 Å². The first kappa shape index (κ1) is 10.4. The summed E-state index contributed by atoms with van der Waals surface area (Å²) in [6.45, 7) is 0.644. The second kappa shape index (κ2) is 4.55. The molecule has 0 aromatic rings. The molecular formula is C8H16N2O3. The van der Waals surface area contributed by atoms with Gasteiger partial charge in [-0.2, -0.15) is 0 Å². The van der Waals surface area contributed by atoms with Gasteiger partial charge in [0.05, 0.1) is 6.10 Å². The highest BCUT2D eigenvalue weighted by atomic mass is 16.4. The summed E-state index contributed by atoms with van der Waals surface area (Å²) in [4.78, 5) is 10.3. The number of aliphatic carboxylic acids is 1. The second-order valence-electron chi connectivity index (χ2n) is 3.51. The average Bonchev–Trinajstić information content (AvgIpc) is 2.85. The Labute approximate surface area is 76.9 Å². The summed E-state index contributed by atoms with van der Waals surface area (Å²) in [6.07, 6.45) is 1.81. The van der Waals surface area contributed by atoms with Crippen molar-refractivity contribution in [1.82, 2.24) is 5.32 Å². The van der Waals surface area contributed by atoms with Gasteiger partial charge in [0, 0.05) is 13.1 Å². The first-order chi connectivity index (χ1) is 6.11. The smallest absolute Gasteiger partial charge is 0.321 e. The third-order valence-electron chi connectivity index (χ3n) is 2.20. The zero-order valence-electron chi connectivity index (χ0n) is 7.44. The summed E-state index contributed by atoms with van der Waals surface area (Å²) < 4.78 is 0. The lowest BCUT2D eigenvalue weighted by molar-refractivity contribution is -0.138. The minimum absolute atomic E-state index is 0.207. The zero-order chi connectivity index (χ0) is 9.84. The van der Waals surface area contributed by atoms with Crippen LogP contribution in [0.25, 0.3) is 0 Å². The molecule has 2 atom stereocenters. The molecule has 13 heavy (non-hydrogen) atoms. The van der Waals surface area contributed by atoms with Gasteiger partial charge in [0.25, 0.3) is 0 Å². The van der Waals surface area contributed by atoms with Crippen LogP contribution in [-0.2, 0) is 4.79 Å². The third kappa shape index (κ3) is 3.71. The molecule has 1 rings (SSSR count). The Morgan fingerprint density at radius 2 is 2.15 bits per heavy atom. The number of carboxylic acid groups (broad SMARTS) is 1. The molecule has 0 radical (unpaired) electrons. The van der Waals surface area contributed by atoms with Crippen LogP contribution in [0.4, 0.5) is 0 Å². The van der Waals surface area contributed by atoms with E-state index in [-0.39, 0.29) is 12.6 Å². The standard InChI is InChI=1S/C8H16N2O3/c9-6(8(12)13)3-10-4-7(11)5-1-2-5/h5-7,10-11H,1-4,9H2,(H,12,13). The summed E-state index contributed by atoms with van der Waals surface area (Å²) in [7, 11) is 0. The van der Waals surface area contributed by atoms with Crippen LogP contribution in [0.15, 0.2) is 0 Å². The Balaban J connectivity index is 2.02. The highest BCUT2D eigenvalue weighted by molar-refractivity contribution is 5.73. The van der Waals surface area contributed by atoms with Crippen LogP contribution in [-0.4, -0.2) is 41.4 Å². The molecule has 5 nitrogen and oxygen atoms in total. The Morgan fingerprint density at radius 3 is 2.62 bits per heavy atom. The van der Waals surface area contributed by atoms with Gasteiger partial charge in [0.1, 0.15) is 6.04 Å². The van der Waals surface area contributed by atoms with E-state index in [2.05, 4.69) is 5.32 Å². The van der Waals surface area contributed by atoms with E-state index < -0.39 is 12.0 Å². The van der Waals surface area contributed by atoms with Crippen LogP contribution in [0.5, 0.6) is 0 Å². The fourth-order valence-corrected chi connectivity index (χ4v) is 1.12. The predicted molar refractivity (Wildman–Crippen MR) is 47.2 cm³/mol. The van der Waals surface area contributed by atoms with Crippen LogP contribution in [0, 0.1) is 5.92 Å². The fourth-order valence-electron chi connectivity index (χ4n) is 1.12. The van der Waals surface area contributed by atoms with Gasteiger partial charge in [-0.25, -0.2) is 0 Å². The van der Waals surface area contributed by atoms with E-state index in [1.54, 1.807) is 0 Å². The lowest BCUT2D eigenvalue weighted by atomic mass is 10.2. The highest BCUT2D eigenvalue weighted by Gasteiger charge is 2.29. The van der Waals surface area contributed by atoms with Crippen LogP contribution in [0.3, 0.4) is 0 Å². The van der Waals surface area contributed by atoms with Crippen molar-refractivity contribution in [3.8, 4) is 0 Å². The van der Waals surface area contributed by atoms with Crippen molar-refractivity contribution in [3.05, 3.63) is 0 Å². The molecule has 0 aromatic heterocycles. The first-order valence-corrected chi connectivity index (χ1v) is 4.48. The summed E-state index contributed by atoms with van der Waals surface area (Å²) in [5.74, 6) is -0.609. The predicted octanol–water partition coefficient (Wildman–Crippen LogP) is -1.24. The largest absolute Gasteiger partial charge is 0.480 e. The van der Waals surface area contributed by atoms with Gasteiger partial charge in [-0.3, -0.25) is 4.79 Å². The molecule has 0 bridgehead atoms. The number of hydrogen-bond acceptors (Lipinski definition) is 4. The molecule has 0 heterocycles. The topological polar surface area (TPSA) is 95.6 Å². The van der Waals surface area contributed by atoms with Gasteiger partial charge >= 0.3 is 5.97 Å². The Bertz CT molecular complexity index is 182. The van der Waals surface area contributed by atoms with E-state index in [0.29, 0.717) is 12.5 Å². The molecule has 76 valence electrons. The zero-order valence-corrected chi connectivity index (χ0v) is 7.44. The molecule has 2 unspecified atom stereocenters. The van der Waals surface area contributed by atoms with Crippen LogP contribution >= 0.6 is 0 Å². The van der Waals surface area contributed by atoms with E-state index in [1.165, 1.54) is 0 Å². The van der Waals surface area contributed by atoms with Crippen molar-refractivity contribution in [3.63, 3.8) is 0 Å². The number of nitrogens with two attached hydrogens (primary N) is 1. The molecule has 1 aliphatic carbocycles. The van der Waals surface area contributed by atoms with E-state index >= 15 is 0 Å². The summed E-state index contributed by atoms with van der Waals surface area (Å²) in [6, 6.07) is -0.883. The van der Waals surface area contributed by atoms with Crippen molar-refractivity contribution in [1.29, 1.82) is 0 Å². The molecule has 5 heteroatoms. The normalized spacial score (nSPS) is 21.1. The van der Waals surface area contributed by atoms with Crippen molar-refractivity contribution in [2.75, 3.05) is 13.1 Å². The lowest BCUT2D eigenvalue weighted by Crippen LogP contribution is -2.42. The third-order valence-corrected chi connectivity index (χ3v) is 2.20. The van der Waals surface area contributed by atoms with Crippen molar-refractivity contribution >= 4 is 5.97 Å². The second-order valence-corrected chi connectivity index (χ2v) is 3.51. The molecular weight excluding hydrogens is 172 g/mol. The summed E-state index contributed by atoms with van der Waals surface area (Å²) >= 11 is 0. The molecule has 1 saturated carbocycles. The fraction of sp³-hybridized carbons (Fsp3) is 0.875. The summed E-state index contributed by atoms with van der Waals surface area (Å²) in [5, 5.41) is 20.7. The van der Waals surface area contributed by atoms with Crippen molar-refractivity contribution in [2.45, 2.75) is 25.0 Å². The van der Waals surface area contributed by atoms with Gasteiger partial charge in [-0.15, -0.1) is 0 Å². The number of carboxylic acids is 1. The number of rotatable bonds is 6. The Morgan fingerprint density at radius 1 is 1.54 bits per heavy atom. The van der Waals surface area contributed by atoms with E-state index in [9.17, 15) is 9.90 Å². The minimum Gasteiger partial charge on any atom is -0.480 e. The number of carbonyl (C=O) groups is 1. The quantitative estimate of drug-likeness (QED) is 0.418. The van der Waals surface area contributed by atoms with Crippen LogP contribution < -0.4 is 11.1 Å². The minimum atomic E-state index is -1.02. The maximum absolute atomic E-state index is 10.3. The number of hydrogen-bond donors (Lipinski definition) is 4. The highest BCUT2D eigenvalue weighted by Crippen LogP contribution is 2.32. The van der Waals surface area contributed by atoms with Crippen molar-refractivity contribution in [2.24, 2.45) is 11.7 Å². The summed E-state index contributed by atoms with van der Waals surface area (Å²) in [5.41, 5.74) is 5.25. The maximum atomic E-state index is 10.3. The monoisotopic (exact) mass is 188 g/mol. The molecule has 1 fully saturated rings. The van der Waals surface area contributed by atoms with E-state index in [0.717, 1.165) is 12.8 Å². The van der Waals surface area contributed by atoms with Gasteiger partial charge in [0.2, 0.25) is 0 Å². The SMILES string of the molecule is NC(CNCC(O)C1CC1)C(=O)O. The molecule has 0 spiro atoms. The Kier molecular flexibility index (Phi) is 3.65. The number of nitrogens with one attached hydrogen (secondary N) is 1.